The fourth-order valence-corrected chi connectivity index (χ4v) is 3.36. The van der Waals surface area contributed by atoms with Gasteiger partial charge in [-0.1, -0.05) is 0 Å². The van der Waals surface area contributed by atoms with E-state index in [0.717, 1.165) is 25.8 Å². The zero-order chi connectivity index (χ0) is 13.3. The van der Waals surface area contributed by atoms with Crippen LogP contribution in [-0.4, -0.2) is 58.1 Å². The number of carbonyl (C=O) groups excluding carboxylic acids is 1. The Bertz CT molecular complexity index is 307. The molecule has 3 unspecified atom stereocenters. The van der Waals surface area contributed by atoms with E-state index in [1.54, 1.807) is 0 Å². The molecule has 3 atom stereocenters. The zero-order valence-corrected chi connectivity index (χ0v) is 11.9. The summed E-state index contributed by atoms with van der Waals surface area (Å²) < 4.78 is 0. The Morgan fingerprint density at radius 3 is 2.44 bits per heavy atom. The van der Waals surface area contributed by atoms with Crippen molar-refractivity contribution < 1.29 is 9.90 Å². The van der Waals surface area contributed by atoms with Crippen LogP contribution in [0.1, 0.15) is 46.5 Å². The first kappa shape index (κ1) is 13.8. The summed E-state index contributed by atoms with van der Waals surface area (Å²) in [4.78, 5) is 16.5. The lowest BCUT2D eigenvalue weighted by Gasteiger charge is -2.39. The molecular weight excluding hydrogens is 228 g/mol. The van der Waals surface area contributed by atoms with Crippen molar-refractivity contribution in [3.05, 3.63) is 0 Å². The van der Waals surface area contributed by atoms with Crippen LogP contribution in [0, 0.1) is 0 Å². The van der Waals surface area contributed by atoms with Gasteiger partial charge in [0, 0.05) is 25.2 Å². The van der Waals surface area contributed by atoms with E-state index in [4.69, 9.17) is 0 Å². The molecule has 0 saturated carbocycles. The highest BCUT2D eigenvalue weighted by atomic mass is 16.3. The number of amides is 1. The Kier molecular flexibility index (Phi) is 3.97. The molecule has 0 bridgehead atoms. The van der Waals surface area contributed by atoms with E-state index in [9.17, 15) is 9.90 Å². The summed E-state index contributed by atoms with van der Waals surface area (Å²) in [5.74, 6) is 0.229. The third-order valence-corrected chi connectivity index (χ3v) is 4.37. The van der Waals surface area contributed by atoms with Crippen LogP contribution in [0.5, 0.6) is 0 Å². The molecule has 104 valence electrons. The number of piperidine rings is 1. The summed E-state index contributed by atoms with van der Waals surface area (Å²) in [6.07, 6.45) is 4.23. The van der Waals surface area contributed by atoms with Gasteiger partial charge in [-0.25, -0.2) is 0 Å². The molecule has 2 heterocycles. The first-order valence-electron chi connectivity index (χ1n) is 7.15. The van der Waals surface area contributed by atoms with Gasteiger partial charge >= 0.3 is 0 Å². The van der Waals surface area contributed by atoms with E-state index in [2.05, 4.69) is 23.6 Å². The standard InChI is InChI=1S/C14H26N2O2/c1-11-5-4-6-12(2)16(11)13(17)9-15-8-7-14(3,18)10-15/h11-12,18H,4-10H2,1-3H3. The molecule has 18 heavy (non-hydrogen) atoms. The lowest BCUT2D eigenvalue weighted by atomic mass is 9.97. The van der Waals surface area contributed by atoms with Crippen LogP contribution in [0.3, 0.4) is 0 Å². The predicted molar refractivity (Wildman–Crippen MR) is 71.3 cm³/mol. The molecule has 1 N–H and O–H groups in total. The third kappa shape index (κ3) is 3.04. The van der Waals surface area contributed by atoms with Gasteiger partial charge < -0.3 is 10.0 Å². The summed E-state index contributed by atoms with van der Waals surface area (Å²) in [5, 5.41) is 9.93. The van der Waals surface area contributed by atoms with Crippen molar-refractivity contribution in [1.29, 1.82) is 0 Å². The Morgan fingerprint density at radius 2 is 1.94 bits per heavy atom. The number of likely N-dealkylation sites (tertiary alicyclic amines) is 2. The molecule has 2 saturated heterocycles. The molecule has 0 spiro atoms. The molecule has 2 fully saturated rings. The number of hydrogen-bond acceptors (Lipinski definition) is 3. The van der Waals surface area contributed by atoms with Gasteiger partial charge in [-0.2, -0.15) is 0 Å². The highest BCUT2D eigenvalue weighted by Crippen LogP contribution is 2.24. The smallest absolute Gasteiger partial charge is 0.237 e. The molecule has 0 aromatic carbocycles. The van der Waals surface area contributed by atoms with Crippen molar-refractivity contribution in [2.24, 2.45) is 0 Å². The summed E-state index contributed by atoms with van der Waals surface area (Å²) >= 11 is 0. The molecule has 0 radical (unpaired) electrons. The quantitative estimate of drug-likeness (QED) is 0.806. The minimum absolute atomic E-state index is 0.229. The third-order valence-electron chi connectivity index (χ3n) is 4.37. The van der Waals surface area contributed by atoms with E-state index in [0.29, 0.717) is 25.2 Å². The first-order chi connectivity index (χ1) is 8.39. The average Bonchev–Trinajstić information content (AvgIpc) is 2.57. The number of hydrogen-bond donors (Lipinski definition) is 1. The normalized spacial score (nSPS) is 38.1. The van der Waals surface area contributed by atoms with E-state index < -0.39 is 5.60 Å². The van der Waals surface area contributed by atoms with Gasteiger partial charge in [0.05, 0.1) is 12.1 Å². The zero-order valence-electron chi connectivity index (χ0n) is 11.9. The monoisotopic (exact) mass is 254 g/mol. The summed E-state index contributed by atoms with van der Waals surface area (Å²) in [6, 6.07) is 0.730. The van der Waals surface area contributed by atoms with E-state index in [1.165, 1.54) is 6.42 Å². The van der Waals surface area contributed by atoms with Crippen molar-refractivity contribution in [3.8, 4) is 0 Å². The van der Waals surface area contributed by atoms with Crippen LogP contribution in [0.2, 0.25) is 0 Å². The van der Waals surface area contributed by atoms with Crippen LogP contribution in [-0.2, 0) is 4.79 Å². The number of rotatable bonds is 2. The van der Waals surface area contributed by atoms with Gasteiger partial charge in [-0.15, -0.1) is 0 Å². The van der Waals surface area contributed by atoms with Gasteiger partial charge in [0.25, 0.3) is 0 Å². The van der Waals surface area contributed by atoms with E-state index >= 15 is 0 Å². The Labute approximate surface area is 110 Å². The number of aliphatic hydroxyl groups is 1. The molecule has 2 rings (SSSR count). The fraction of sp³-hybridized carbons (Fsp3) is 0.929. The van der Waals surface area contributed by atoms with Crippen molar-refractivity contribution >= 4 is 5.91 Å². The Morgan fingerprint density at radius 1 is 1.33 bits per heavy atom. The second-order valence-electron chi connectivity index (χ2n) is 6.39. The van der Waals surface area contributed by atoms with Crippen molar-refractivity contribution in [3.63, 3.8) is 0 Å². The number of β-amino-alcohol motifs (C(OH)–C–C–N with tert-alkyl or cyclic N) is 1. The molecule has 2 aliphatic heterocycles. The van der Waals surface area contributed by atoms with Crippen LogP contribution in [0.25, 0.3) is 0 Å². The molecule has 0 aromatic rings. The Hall–Kier alpha value is -0.610. The minimum atomic E-state index is -0.612. The molecule has 0 aromatic heterocycles. The Balaban J connectivity index is 1.91. The molecule has 4 nitrogen and oxygen atoms in total. The maximum Gasteiger partial charge on any atom is 0.237 e. The molecule has 0 aliphatic carbocycles. The molecular formula is C14H26N2O2. The second-order valence-corrected chi connectivity index (χ2v) is 6.39. The van der Waals surface area contributed by atoms with E-state index in [1.807, 2.05) is 6.92 Å². The molecule has 4 heteroatoms. The second kappa shape index (κ2) is 5.17. The van der Waals surface area contributed by atoms with E-state index in [-0.39, 0.29) is 5.91 Å². The van der Waals surface area contributed by atoms with Crippen molar-refractivity contribution in [2.75, 3.05) is 19.6 Å². The van der Waals surface area contributed by atoms with Crippen LogP contribution >= 0.6 is 0 Å². The predicted octanol–water partition coefficient (Wildman–Crippen LogP) is 1.23. The van der Waals surface area contributed by atoms with Crippen molar-refractivity contribution in [1.82, 2.24) is 9.80 Å². The van der Waals surface area contributed by atoms with Gasteiger partial charge in [0.1, 0.15) is 0 Å². The van der Waals surface area contributed by atoms with Gasteiger partial charge in [0.15, 0.2) is 0 Å². The highest BCUT2D eigenvalue weighted by molar-refractivity contribution is 5.79. The summed E-state index contributed by atoms with van der Waals surface area (Å²) in [7, 11) is 0. The van der Waals surface area contributed by atoms with Gasteiger partial charge in [0.2, 0.25) is 5.91 Å². The molecule has 2 aliphatic rings. The minimum Gasteiger partial charge on any atom is -0.389 e. The first-order valence-corrected chi connectivity index (χ1v) is 7.15. The van der Waals surface area contributed by atoms with Crippen LogP contribution in [0.15, 0.2) is 0 Å². The highest BCUT2D eigenvalue weighted by Gasteiger charge is 2.35. The lowest BCUT2D eigenvalue weighted by molar-refractivity contribution is -0.138. The lowest BCUT2D eigenvalue weighted by Crippen LogP contribution is -2.51. The summed E-state index contributed by atoms with van der Waals surface area (Å²) in [6.45, 7) is 8.06. The number of nitrogens with zero attached hydrogens (tertiary/aromatic N) is 2. The number of carbonyl (C=O) groups is 1. The van der Waals surface area contributed by atoms with Crippen molar-refractivity contribution in [2.45, 2.75) is 64.1 Å². The maximum absolute atomic E-state index is 12.4. The largest absolute Gasteiger partial charge is 0.389 e. The summed E-state index contributed by atoms with van der Waals surface area (Å²) in [5.41, 5.74) is -0.612. The van der Waals surface area contributed by atoms with Crippen LogP contribution in [0.4, 0.5) is 0 Å². The molecule has 1 amide bonds. The average molecular weight is 254 g/mol. The van der Waals surface area contributed by atoms with Crippen LogP contribution < -0.4 is 0 Å². The van der Waals surface area contributed by atoms with Gasteiger partial charge in [-0.05, 0) is 46.5 Å². The fourth-order valence-electron chi connectivity index (χ4n) is 3.36. The SMILES string of the molecule is CC1CCCC(C)N1C(=O)CN1CCC(C)(O)C1. The van der Waals surface area contributed by atoms with Gasteiger partial charge in [-0.3, -0.25) is 9.69 Å². The maximum atomic E-state index is 12.4. The topological polar surface area (TPSA) is 43.8 Å².